The van der Waals surface area contributed by atoms with Crippen molar-refractivity contribution in [1.29, 1.82) is 0 Å². The molecule has 0 aromatic heterocycles. The SMILES string of the molecule is CC1(C)CCC(N=C2NC3(CCCCC3)CS2)CC1. The summed E-state index contributed by atoms with van der Waals surface area (Å²) >= 11 is 1.98. The number of hydrogen-bond acceptors (Lipinski definition) is 2. The molecule has 3 rings (SSSR count). The molecule has 1 heterocycles. The Hall–Kier alpha value is -0.180. The third-order valence-electron chi connectivity index (χ3n) is 5.28. The summed E-state index contributed by atoms with van der Waals surface area (Å²) in [6, 6.07) is 0.585. The third-order valence-corrected chi connectivity index (χ3v) is 6.45. The van der Waals surface area contributed by atoms with Gasteiger partial charge in [0.2, 0.25) is 0 Å². The predicted octanol–water partition coefficient (Wildman–Crippen LogP) is 4.35. The van der Waals surface area contributed by atoms with Gasteiger partial charge in [0, 0.05) is 11.3 Å². The van der Waals surface area contributed by atoms with Crippen molar-refractivity contribution in [2.45, 2.75) is 83.2 Å². The highest BCUT2D eigenvalue weighted by atomic mass is 32.2. The van der Waals surface area contributed by atoms with Crippen molar-refractivity contribution in [3.63, 3.8) is 0 Å². The molecule has 0 aromatic rings. The lowest BCUT2D eigenvalue weighted by Crippen LogP contribution is -2.45. The summed E-state index contributed by atoms with van der Waals surface area (Å²) in [5.41, 5.74) is 0.965. The molecule has 0 amide bonds. The second-order valence-electron chi connectivity index (χ2n) is 7.58. The molecule has 2 aliphatic carbocycles. The zero-order valence-corrected chi connectivity index (χ0v) is 13.3. The molecule has 0 atom stereocenters. The summed E-state index contributed by atoms with van der Waals surface area (Å²) in [4.78, 5) is 5.02. The van der Waals surface area contributed by atoms with Crippen molar-refractivity contribution in [1.82, 2.24) is 5.32 Å². The standard InChI is InChI=1S/C16H28N2S/c1-15(2)10-6-13(7-11-15)17-14-18-16(12-19-14)8-4-3-5-9-16/h13H,3-12H2,1-2H3,(H,17,18). The molecule has 1 spiro atoms. The van der Waals surface area contributed by atoms with E-state index >= 15 is 0 Å². The van der Waals surface area contributed by atoms with E-state index < -0.39 is 0 Å². The quantitative estimate of drug-likeness (QED) is 0.772. The Morgan fingerprint density at radius 2 is 1.74 bits per heavy atom. The molecule has 19 heavy (non-hydrogen) atoms. The highest BCUT2D eigenvalue weighted by Gasteiger charge is 2.38. The van der Waals surface area contributed by atoms with Gasteiger partial charge in [0.05, 0.1) is 6.04 Å². The molecular formula is C16H28N2S. The Balaban J connectivity index is 1.57. The minimum atomic E-state index is 0.412. The fourth-order valence-corrected chi connectivity index (χ4v) is 5.04. The van der Waals surface area contributed by atoms with E-state index in [9.17, 15) is 0 Å². The molecule has 0 unspecified atom stereocenters. The average Bonchev–Trinajstić information content (AvgIpc) is 2.76. The first kappa shape index (κ1) is 13.8. The highest BCUT2D eigenvalue weighted by Crippen LogP contribution is 2.39. The summed E-state index contributed by atoms with van der Waals surface area (Å²) in [5, 5.41) is 5.04. The Kier molecular flexibility index (Phi) is 3.85. The van der Waals surface area contributed by atoms with Gasteiger partial charge in [0.15, 0.2) is 5.17 Å². The molecule has 108 valence electrons. The largest absolute Gasteiger partial charge is 0.359 e. The zero-order chi connectivity index (χ0) is 13.3. The molecule has 2 nitrogen and oxygen atoms in total. The number of thioether (sulfide) groups is 1. The van der Waals surface area contributed by atoms with Crippen LogP contribution >= 0.6 is 11.8 Å². The lowest BCUT2D eigenvalue weighted by Gasteiger charge is -2.34. The second kappa shape index (κ2) is 5.31. The molecule has 0 aromatic carbocycles. The van der Waals surface area contributed by atoms with Crippen LogP contribution in [-0.2, 0) is 0 Å². The van der Waals surface area contributed by atoms with Crippen molar-refractivity contribution < 1.29 is 0 Å². The van der Waals surface area contributed by atoms with Gasteiger partial charge < -0.3 is 5.32 Å². The van der Waals surface area contributed by atoms with Crippen molar-refractivity contribution in [2.75, 3.05) is 5.75 Å². The molecule has 3 fully saturated rings. The molecule has 0 bridgehead atoms. The monoisotopic (exact) mass is 280 g/mol. The van der Waals surface area contributed by atoms with E-state index in [-0.39, 0.29) is 0 Å². The van der Waals surface area contributed by atoms with E-state index in [0.29, 0.717) is 17.0 Å². The van der Waals surface area contributed by atoms with E-state index in [1.807, 2.05) is 11.8 Å². The normalized spacial score (nSPS) is 32.6. The van der Waals surface area contributed by atoms with Crippen LogP contribution in [0, 0.1) is 5.41 Å². The van der Waals surface area contributed by atoms with Crippen LogP contribution in [0.1, 0.15) is 71.6 Å². The van der Waals surface area contributed by atoms with Crippen LogP contribution in [0.3, 0.4) is 0 Å². The molecular weight excluding hydrogens is 252 g/mol. The third kappa shape index (κ3) is 3.29. The lowest BCUT2D eigenvalue weighted by atomic mass is 9.76. The maximum atomic E-state index is 5.02. The number of aliphatic imine (C=N–C) groups is 1. The minimum Gasteiger partial charge on any atom is -0.359 e. The van der Waals surface area contributed by atoms with Crippen molar-refractivity contribution in [2.24, 2.45) is 10.4 Å². The maximum absolute atomic E-state index is 5.02. The second-order valence-corrected chi connectivity index (χ2v) is 8.55. The predicted molar refractivity (Wildman–Crippen MR) is 84.9 cm³/mol. The van der Waals surface area contributed by atoms with Gasteiger partial charge in [-0.25, -0.2) is 0 Å². The van der Waals surface area contributed by atoms with Crippen LogP contribution in [0.15, 0.2) is 4.99 Å². The number of nitrogens with zero attached hydrogens (tertiary/aromatic N) is 1. The number of rotatable bonds is 1. The summed E-state index contributed by atoms with van der Waals surface area (Å²) in [5.74, 6) is 1.25. The van der Waals surface area contributed by atoms with Crippen LogP contribution in [0.2, 0.25) is 0 Å². The van der Waals surface area contributed by atoms with Gasteiger partial charge >= 0.3 is 0 Å². The lowest BCUT2D eigenvalue weighted by molar-refractivity contribution is 0.226. The van der Waals surface area contributed by atoms with E-state index in [1.54, 1.807) is 0 Å². The molecule has 1 aliphatic heterocycles. The van der Waals surface area contributed by atoms with Crippen LogP contribution < -0.4 is 5.32 Å². The van der Waals surface area contributed by atoms with E-state index in [2.05, 4.69) is 19.2 Å². The average molecular weight is 280 g/mol. The van der Waals surface area contributed by atoms with Gasteiger partial charge in [-0.3, -0.25) is 4.99 Å². The molecule has 1 N–H and O–H groups in total. The smallest absolute Gasteiger partial charge is 0.157 e. The van der Waals surface area contributed by atoms with Gasteiger partial charge in [0.1, 0.15) is 0 Å². The maximum Gasteiger partial charge on any atom is 0.157 e. The Morgan fingerprint density at radius 1 is 1.05 bits per heavy atom. The topological polar surface area (TPSA) is 24.4 Å². The zero-order valence-electron chi connectivity index (χ0n) is 12.5. The fourth-order valence-electron chi connectivity index (χ4n) is 3.75. The summed E-state index contributed by atoms with van der Waals surface area (Å²) in [6.07, 6.45) is 12.2. The van der Waals surface area contributed by atoms with Crippen LogP contribution in [0.4, 0.5) is 0 Å². The molecule has 2 saturated carbocycles. The van der Waals surface area contributed by atoms with Crippen molar-refractivity contribution >= 4 is 16.9 Å². The van der Waals surface area contributed by atoms with E-state index in [1.165, 1.54) is 68.7 Å². The van der Waals surface area contributed by atoms with Gasteiger partial charge in [-0.15, -0.1) is 0 Å². The first-order valence-corrected chi connectivity index (χ1v) is 9.04. The summed E-state index contributed by atoms with van der Waals surface area (Å²) < 4.78 is 0. The van der Waals surface area contributed by atoms with Crippen LogP contribution in [0.25, 0.3) is 0 Å². The van der Waals surface area contributed by atoms with Crippen molar-refractivity contribution in [3.05, 3.63) is 0 Å². The Bertz CT molecular complexity index is 346. The highest BCUT2D eigenvalue weighted by molar-refractivity contribution is 8.14. The molecule has 0 radical (unpaired) electrons. The summed E-state index contributed by atoms with van der Waals surface area (Å²) in [7, 11) is 0. The number of hydrogen-bond donors (Lipinski definition) is 1. The molecule has 3 aliphatic rings. The van der Waals surface area contributed by atoms with Gasteiger partial charge in [0.25, 0.3) is 0 Å². The molecule has 1 saturated heterocycles. The summed E-state index contributed by atoms with van der Waals surface area (Å²) in [6.45, 7) is 4.80. The number of nitrogens with one attached hydrogen (secondary N) is 1. The van der Waals surface area contributed by atoms with E-state index in [0.717, 1.165) is 0 Å². The first-order chi connectivity index (χ1) is 9.07. The van der Waals surface area contributed by atoms with Gasteiger partial charge in [-0.1, -0.05) is 44.9 Å². The minimum absolute atomic E-state index is 0.412. The first-order valence-electron chi connectivity index (χ1n) is 8.06. The van der Waals surface area contributed by atoms with Gasteiger partial charge in [-0.2, -0.15) is 0 Å². The Labute approximate surface area is 122 Å². The van der Waals surface area contributed by atoms with E-state index in [4.69, 9.17) is 4.99 Å². The fraction of sp³-hybridized carbons (Fsp3) is 0.938. The number of amidine groups is 1. The Morgan fingerprint density at radius 3 is 2.42 bits per heavy atom. The van der Waals surface area contributed by atoms with Crippen LogP contribution in [0.5, 0.6) is 0 Å². The van der Waals surface area contributed by atoms with Crippen molar-refractivity contribution in [3.8, 4) is 0 Å². The molecule has 3 heteroatoms. The van der Waals surface area contributed by atoms with Crippen LogP contribution in [-0.4, -0.2) is 22.5 Å². The van der Waals surface area contributed by atoms with Gasteiger partial charge in [-0.05, 0) is 43.9 Å².